The fourth-order valence-corrected chi connectivity index (χ4v) is 3.71. The minimum Gasteiger partial charge on any atom is -0.462 e. The molecule has 5 heteroatoms. The van der Waals surface area contributed by atoms with E-state index in [1.807, 2.05) is 0 Å². The highest BCUT2D eigenvalue weighted by molar-refractivity contribution is 6.62. The second-order valence-electron chi connectivity index (χ2n) is 8.29. The first-order valence-corrected chi connectivity index (χ1v) is 9.32. The van der Waals surface area contributed by atoms with Crippen molar-refractivity contribution in [2.45, 2.75) is 83.5 Å². The lowest BCUT2D eigenvalue weighted by molar-refractivity contribution is -0.148. The number of benzene rings is 1. The van der Waals surface area contributed by atoms with Crippen LogP contribution in [0.15, 0.2) is 24.3 Å². The van der Waals surface area contributed by atoms with Crippen LogP contribution in [0.3, 0.4) is 0 Å². The molecule has 0 unspecified atom stereocenters. The number of hydrogen-bond donors (Lipinski definition) is 0. The highest BCUT2D eigenvalue weighted by Gasteiger charge is 2.51. The Hall–Kier alpha value is -1.33. The lowest BCUT2D eigenvalue weighted by Gasteiger charge is -2.32. The Kier molecular flexibility index (Phi) is 5.00. The van der Waals surface area contributed by atoms with Crippen LogP contribution in [0.4, 0.5) is 0 Å². The first kappa shape index (κ1) is 18.5. The van der Waals surface area contributed by atoms with Crippen molar-refractivity contribution in [1.29, 1.82) is 0 Å². The van der Waals surface area contributed by atoms with Crippen molar-refractivity contribution in [1.82, 2.24) is 0 Å². The van der Waals surface area contributed by atoms with E-state index in [2.05, 4.69) is 52.0 Å². The molecule has 0 radical (unpaired) electrons. The molecule has 2 fully saturated rings. The van der Waals surface area contributed by atoms with Gasteiger partial charge in [-0.1, -0.05) is 30.7 Å². The van der Waals surface area contributed by atoms with E-state index in [4.69, 9.17) is 14.0 Å². The summed E-state index contributed by atoms with van der Waals surface area (Å²) < 4.78 is 17.8. The van der Waals surface area contributed by atoms with E-state index < -0.39 is 0 Å². The minimum absolute atomic E-state index is 0.00560. The van der Waals surface area contributed by atoms with Crippen LogP contribution in [-0.4, -0.2) is 30.4 Å². The van der Waals surface area contributed by atoms with Crippen molar-refractivity contribution in [3.63, 3.8) is 0 Å². The lowest BCUT2D eigenvalue weighted by Crippen LogP contribution is -2.41. The standard InChI is InChI=1S/C20H29BO4/c1-14(22)23-18-9-7-6-8-17(18)15-10-12-16(13-11-15)21-24-19(2,3)20(4,5)25-21/h10-13,17-18H,6-9H2,1-5H3/t17-,18+/m1/s1. The van der Waals surface area contributed by atoms with Gasteiger partial charge in [0.05, 0.1) is 11.2 Å². The Morgan fingerprint density at radius 1 is 1.04 bits per heavy atom. The van der Waals surface area contributed by atoms with Crippen molar-refractivity contribution in [3.8, 4) is 0 Å². The normalized spacial score (nSPS) is 28.0. The van der Waals surface area contributed by atoms with Gasteiger partial charge in [-0.25, -0.2) is 0 Å². The molecule has 4 nitrogen and oxygen atoms in total. The van der Waals surface area contributed by atoms with E-state index in [0.29, 0.717) is 0 Å². The molecule has 0 amide bonds. The molecule has 3 rings (SSSR count). The summed E-state index contributed by atoms with van der Waals surface area (Å²) in [6, 6.07) is 8.42. The first-order chi connectivity index (χ1) is 11.7. The number of rotatable bonds is 3. The third-order valence-corrected chi connectivity index (χ3v) is 5.91. The van der Waals surface area contributed by atoms with Crippen molar-refractivity contribution in [2.24, 2.45) is 0 Å². The van der Waals surface area contributed by atoms with Gasteiger partial charge in [0.1, 0.15) is 6.10 Å². The lowest BCUT2D eigenvalue weighted by atomic mass is 9.76. The molecule has 1 aliphatic carbocycles. The molecule has 1 saturated carbocycles. The summed E-state index contributed by atoms with van der Waals surface area (Å²) in [6.07, 6.45) is 4.31. The Labute approximate surface area is 151 Å². The summed E-state index contributed by atoms with van der Waals surface area (Å²) in [5, 5.41) is 0. The SMILES string of the molecule is CC(=O)O[C@H]1CCCC[C@@H]1c1ccc(B2OC(C)(C)C(C)(C)O2)cc1. The van der Waals surface area contributed by atoms with Gasteiger partial charge in [0.25, 0.3) is 0 Å². The largest absolute Gasteiger partial charge is 0.494 e. The first-order valence-electron chi connectivity index (χ1n) is 9.32. The Morgan fingerprint density at radius 3 is 2.16 bits per heavy atom. The summed E-state index contributed by atoms with van der Waals surface area (Å²) in [5.74, 6) is 0.0933. The Balaban J connectivity index is 1.75. The van der Waals surface area contributed by atoms with Crippen LogP contribution in [0.25, 0.3) is 0 Å². The average molecular weight is 344 g/mol. The summed E-state index contributed by atoms with van der Waals surface area (Å²) in [4.78, 5) is 11.4. The quantitative estimate of drug-likeness (QED) is 0.621. The van der Waals surface area contributed by atoms with Crippen LogP contribution in [0, 0.1) is 0 Å². The molecule has 2 aliphatic rings. The Bertz CT molecular complexity index is 607. The second kappa shape index (κ2) is 6.77. The number of carbonyl (C=O) groups excluding carboxylic acids is 1. The van der Waals surface area contributed by atoms with Crippen LogP contribution in [-0.2, 0) is 18.8 Å². The number of ether oxygens (including phenoxy) is 1. The molecule has 1 heterocycles. The molecule has 136 valence electrons. The summed E-state index contributed by atoms with van der Waals surface area (Å²) >= 11 is 0. The van der Waals surface area contributed by atoms with Gasteiger partial charge < -0.3 is 14.0 Å². The third-order valence-electron chi connectivity index (χ3n) is 5.91. The molecule has 0 N–H and O–H groups in total. The smallest absolute Gasteiger partial charge is 0.462 e. The maximum atomic E-state index is 11.4. The average Bonchev–Trinajstić information content (AvgIpc) is 2.76. The molecule has 2 atom stereocenters. The topological polar surface area (TPSA) is 44.8 Å². The predicted octanol–water partition coefficient (Wildman–Crippen LogP) is 3.58. The molecule has 1 aromatic rings. The van der Waals surface area contributed by atoms with Gasteiger partial charge in [-0.05, 0) is 58.0 Å². The molecule has 1 aromatic carbocycles. The monoisotopic (exact) mass is 344 g/mol. The fourth-order valence-electron chi connectivity index (χ4n) is 3.71. The summed E-state index contributed by atoms with van der Waals surface area (Å²) in [7, 11) is -0.338. The van der Waals surface area contributed by atoms with E-state index in [-0.39, 0.29) is 36.3 Å². The van der Waals surface area contributed by atoms with Gasteiger partial charge in [0.2, 0.25) is 0 Å². The van der Waals surface area contributed by atoms with E-state index >= 15 is 0 Å². The van der Waals surface area contributed by atoms with Crippen LogP contribution >= 0.6 is 0 Å². The van der Waals surface area contributed by atoms with E-state index in [9.17, 15) is 4.79 Å². The zero-order valence-electron chi connectivity index (χ0n) is 16.0. The van der Waals surface area contributed by atoms with Crippen LogP contribution in [0.2, 0.25) is 0 Å². The maximum absolute atomic E-state index is 11.4. The predicted molar refractivity (Wildman–Crippen MR) is 98.9 cm³/mol. The van der Waals surface area contributed by atoms with Crippen molar-refractivity contribution >= 4 is 18.6 Å². The molecule has 0 bridgehead atoms. The fraction of sp³-hybridized carbons (Fsp3) is 0.650. The Morgan fingerprint density at radius 2 is 1.60 bits per heavy atom. The van der Waals surface area contributed by atoms with Gasteiger partial charge in [0, 0.05) is 12.8 Å². The molecular formula is C20H29BO4. The van der Waals surface area contributed by atoms with Crippen molar-refractivity contribution in [3.05, 3.63) is 29.8 Å². The number of esters is 1. The molecule has 0 aromatic heterocycles. The minimum atomic E-state index is -0.338. The van der Waals surface area contributed by atoms with E-state index in [1.54, 1.807) is 0 Å². The zero-order valence-corrected chi connectivity index (χ0v) is 16.0. The number of hydrogen-bond acceptors (Lipinski definition) is 4. The molecular weight excluding hydrogens is 315 g/mol. The van der Waals surface area contributed by atoms with Crippen LogP contribution in [0.1, 0.15) is 71.8 Å². The highest BCUT2D eigenvalue weighted by Crippen LogP contribution is 2.37. The van der Waals surface area contributed by atoms with Crippen LogP contribution in [0.5, 0.6) is 0 Å². The summed E-state index contributed by atoms with van der Waals surface area (Å²) in [6.45, 7) is 9.74. The van der Waals surface area contributed by atoms with Gasteiger partial charge >= 0.3 is 13.1 Å². The van der Waals surface area contributed by atoms with Gasteiger partial charge in [-0.3, -0.25) is 4.79 Å². The van der Waals surface area contributed by atoms with Crippen molar-refractivity contribution < 1.29 is 18.8 Å². The van der Waals surface area contributed by atoms with E-state index in [1.165, 1.54) is 18.9 Å². The number of carbonyl (C=O) groups is 1. The van der Waals surface area contributed by atoms with E-state index in [0.717, 1.165) is 24.7 Å². The molecule has 1 saturated heterocycles. The third kappa shape index (κ3) is 3.77. The van der Waals surface area contributed by atoms with Gasteiger partial charge in [-0.15, -0.1) is 0 Å². The van der Waals surface area contributed by atoms with Gasteiger partial charge in [0.15, 0.2) is 0 Å². The van der Waals surface area contributed by atoms with Crippen molar-refractivity contribution in [2.75, 3.05) is 0 Å². The highest BCUT2D eigenvalue weighted by atomic mass is 16.7. The molecule has 0 spiro atoms. The zero-order chi connectivity index (χ0) is 18.2. The summed E-state index contributed by atoms with van der Waals surface area (Å²) in [5.41, 5.74) is 1.59. The molecule has 1 aliphatic heterocycles. The van der Waals surface area contributed by atoms with Gasteiger partial charge in [-0.2, -0.15) is 0 Å². The molecule has 25 heavy (non-hydrogen) atoms. The van der Waals surface area contributed by atoms with Crippen LogP contribution < -0.4 is 5.46 Å². The maximum Gasteiger partial charge on any atom is 0.494 e. The second-order valence-corrected chi connectivity index (χ2v) is 8.29.